The molecule has 0 fully saturated rings. The molecule has 0 radical (unpaired) electrons. The van der Waals surface area contributed by atoms with Gasteiger partial charge in [0.1, 0.15) is 0 Å². The molecule has 0 aliphatic heterocycles. The van der Waals surface area contributed by atoms with Crippen LogP contribution in [0.2, 0.25) is 0 Å². The van der Waals surface area contributed by atoms with Crippen LogP contribution in [0.3, 0.4) is 0 Å². The van der Waals surface area contributed by atoms with Crippen LogP contribution in [0.25, 0.3) is 0 Å². The zero-order valence-electron chi connectivity index (χ0n) is 13.6. The lowest BCUT2D eigenvalue weighted by molar-refractivity contribution is 0.0950. The minimum atomic E-state index is -0.102. The summed E-state index contributed by atoms with van der Waals surface area (Å²) in [4.78, 5) is 24.4. The van der Waals surface area contributed by atoms with Crippen molar-refractivity contribution in [1.29, 1.82) is 0 Å². The van der Waals surface area contributed by atoms with E-state index in [0.29, 0.717) is 18.7 Å². The van der Waals surface area contributed by atoms with Crippen molar-refractivity contribution in [3.05, 3.63) is 62.6 Å². The number of carbonyl (C=O) groups excluding carboxylic acids is 1. The number of rotatable bonds is 4. The second kappa shape index (κ2) is 6.36. The Hall–Kier alpha value is -2.43. The molecule has 3 rings (SSSR count). The molecule has 120 valence electrons. The fraction of sp³-hybridized carbons (Fsp3) is 0.389. The molecule has 1 heterocycles. The van der Waals surface area contributed by atoms with E-state index in [1.165, 1.54) is 4.68 Å². The van der Waals surface area contributed by atoms with Crippen molar-refractivity contribution in [3.63, 3.8) is 0 Å². The zero-order chi connectivity index (χ0) is 16.4. The largest absolute Gasteiger partial charge is 0.350 e. The maximum Gasteiger partial charge on any atom is 0.267 e. The number of aromatic nitrogens is 2. The van der Waals surface area contributed by atoms with Crippen LogP contribution in [0.15, 0.2) is 29.1 Å². The van der Waals surface area contributed by atoms with E-state index in [1.807, 2.05) is 32.0 Å². The summed E-state index contributed by atoms with van der Waals surface area (Å²) in [6.45, 7) is 4.63. The van der Waals surface area contributed by atoms with Gasteiger partial charge in [-0.2, -0.15) is 5.10 Å². The Kier molecular flexibility index (Phi) is 4.28. The van der Waals surface area contributed by atoms with Crippen molar-refractivity contribution in [1.82, 2.24) is 15.1 Å². The topological polar surface area (TPSA) is 64.0 Å². The second-order valence-corrected chi connectivity index (χ2v) is 6.05. The Morgan fingerprint density at radius 1 is 1.26 bits per heavy atom. The average molecular weight is 311 g/mol. The van der Waals surface area contributed by atoms with Gasteiger partial charge in [0.25, 0.3) is 11.5 Å². The molecule has 0 spiro atoms. The highest BCUT2D eigenvalue weighted by atomic mass is 16.2. The van der Waals surface area contributed by atoms with Gasteiger partial charge < -0.3 is 5.32 Å². The average Bonchev–Trinajstić information content (AvgIpc) is 2.94. The first-order valence-electron chi connectivity index (χ1n) is 8.00. The molecule has 0 saturated carbocycles. The summed E-state index contributed by atoms with van der Waals surface area (Å²) >= 11 is 0. The number of hydrogen-bond acceptors (Lipinski definition) is 3. The molecule has 2 aromatic rings. The maximum atomic E-state index is 12.3. The summed E-state index contributed by atoms with van der Waals surface area (Å²) < 4.78 is 1.45. The van der Waals surface area contributed by atoms with E-state index in [2.05, 4.69) is 10.4 Å². The van der Waals surface area contributed by atoms with Crippen molar-refractivity contribution < 1.29 is 4.79 Å². The van der Waals surface area contributed by atoms with Crippen LogP contribution < -0.4 is 10.9 Å². The lowest BCUT2D eigenvalue weighted by atomic mass is 10.0. The van der Waals surface area contributed by atoms with Crippen molar-refractivity contribution in [3.8, 4) is 0 Å². The van der Waals surface area contributed by atoms with Gasteiger partial charge in [-0.25, -0.2) is 4.68 Å². The maximum absolute atomic E-state index is 12.3. The quantitative estimate of drug-likeness (QED) is 0.936. The molecule has 1 aliphatic rings. The van der Waals surface area contributed by atoms with Gasteiger partial charge in [-0.1, -0.05) is 18.2 Å². The van der Waals surface area contributed by atoms with Crippen molar-refractivity contribution in [2.75, 3.05) is 6.54 Å². The molecule has 5 heteroatoms. The molecular weight excluding hydrogens is 290 g/mol. The molecular formula is C18H21N3O2. The van der Waals surface area contributed by atoms with E-state index in [4.69, 9.17) is 0 Å². The summed E-state index contributed by atoms with van der Waals surface area (Å²) in [7, 11) is 0. The van der Waals surface area contributed by atoms with E-state index in [1.54, 1.807) is 6.07 Å². The Labute approximate surface area is 135 Å². The Morgan fingerprint density at radius 2 is 2.00 bits per heavy atom. The number of fused-ring (bicyclic) bond motifs is 1. The number of amides is 1. The molecule has 0 saturated heterocycles. The molecule has 1 aromatic carbocycles. The van der Waals surface area contributed by atoms with E-state index in [0.717, 1.165) is 41.6 Å². The van der Waals surface area contributed by atoms with E-state index >= 15 is 0 Å². The van der Waals surface area contributed by atoms with Gasteiger partial charge in [0.05, 0.1) is 12.2 Å². The fourth-order valence-electron chi connectivity index (χ4n) is 3.14. The third-order valence-electron chi connectivity index (χ3n) is 4.34. The van der Waals surface area contributed by atoms with Gasteiger partial charge in [0, 0.05) is 18.2 Å². The number of nitrogens with zero attached hydrogens (tertiary/aromatic N) is 2. The Morgan fingerprint density at radius 3 is 2.74 bits per heavy atom. The van der Waals surface area contributed by atoms with Crippen molar-refractivity contribution >= 4 is 5.91 Å². The zero-order valence-corrected chi connectivity index (χ0v) is 13.6. The lowest BCUT2D eigenvalue weighted by Gasteiger charge is -2.11. The van der Waals surface area contributed by atoms with Crippen LogP contribution in [0.5, 0.6) is 0 Å². The predicted molar refractivity (Wildman–Crippen MR) is 88.8 cm³/mol. The molecule has 1 aromatic heterocycles. The number of benzene rings is 1. The monoisotopic (exact) mass is 311 g/mol. The first-order chi connectivity index (χ1) is 11.1. The molecule has 1 N–H and O–H groups in total. The van der Waals surface area contributed by atoms with Crippen LogP contribution in [0, 0.1) is 13.8 Å². The number of carbonyl (C=O) groups is 1. The fourth-order valence-corrected chi connectivity index (χ4v) is 3.14. The molecule has 0 unspecified atom stereocenters. The predicted octanol–water partition coefficient (Wildman–Crippen LogP) is 1.78. The van der Waals surface area contributed by atoms with Crippen LogP contribution in [0.1, 0.15) is 39.2 Å². The van der Waals surface area contributed by atoms with Crippen LogP contribution >= 0.6 is 0 Å². The SMILES string of the molecule is Cc1cccc(C)c1C(=O)NCCn1nc2c(cc1=O)CCC2. The minimum absolute atomic E-state index is 0.0908. The van der Waals surface area contributed by atoms with Crippen molar-refractivity contribution in [2.45, 2.75) is 39.7 Å². The molecule has 23 heavy (non-hydrogen) atoms. The van der Waals surface area contributed by atoms with E-state index in [9.17, 15) is 9.59 Å². The summed E-state index contributed by atoms with van der Waals surface area (Å²) in [6, 6.07) is 7.47. The standard InChI is InChI=1S/C18H21N3O2/c1-12-5-3-6-13(2)17(12)18(23)19-9-10-21-16(22)11-14-7-4-8-15(14)20-21/h3,5-6,11H,4,7-10H2,1-2H3,(H,19,23). The first kappa shape index (κ1) is 15.5. The third-order valence-corrected chi connectivity index (χ3v) is 4.34. The smallest absolute Gasteiger partial charge is 0.267 e. The highest BCUT2D eigenvalue weighted by molar-refractivity contribution is 5.97. The number of nitrogens with one attached hydrogen (secondary N) is 1. The molecule has 1 aliphatic carbocycles. The molecule has 0 atom stereocenters. The van der Waals surface area contributed by atoms with E-state index in [-0.39, 0.29) is 11.5 Å². The number of aryl methyl sites for hydroxylation is 4. The van der Waals surface area contributed by atoms with E-state index < -0.39 is 0 Å². The normalized spacial score (nSPS) is 13.0. The Bertz CT molecular complexity index is 788. The first-order valence-corrected chi connectivity index (χ1v) is 8.00. The Balaban J connectivity index is 1.66. The number of hydrogen-bond donors (Lipinski definition) is 1. The van der Waals surface area contributed by atoms with Crippen molar-refractivity contribution in [2.24, 2.45) is 0 Å². The summed E-state index contributed by atoms with van der Waals surface area (Å²) in [5.41, 5.74) is 4.62. The van der Waals surface area contributed by atoms with Crippen LogP contribution in [0.4, 0.5) is 0 Å². The summed E-state index contributed by atoms with van der Waals surface area (Å²) in [5.74, 6) is -0.102. The lowest BCUT2D eigenvalue weighted by Crippen LogP contribution is -2.33. The third kappa shape index (κ3) is 3.18. The van der Waals surface area contributed by atoms with Gasteiger partial charge >= 0.3 is 0 Å². The van der Waals surface area contributed by atoms with Gasteiger partial charge in [-0.05, 0) is 49.8 Å². The highest BCUT2D eigenvalue weighted by Gasteiger charge is 2.15. The molecule has 1 amide bonds. The van der Waals surface area contributed by atoms with Gasteiger partial charge in [-0.3, -0.25) is 9.59 Å². The van der Waals surface area contributed by atoms with Gasteiger partial charge in [0.2, 0.25) is 0 Å². The van der Waals surface area contributed by atoms with Gasteiger partial charge in [-0.15, -0.1) is 0 Å². The minimum Gasteiger partial charge on any atom is -0.350 e. The molecule has 0 bridgehead atoms. The van der Waals surface area contributed by atoms with Gasteiger partial charge in [0.15, 0.2) is 0 Å². The summed E-state index contributed by atoms with van der Waals surface area (Å²) in [6.07, 6.45) is 2.95. The summed E-state index contributed by atoms with van der Waals surface area (Å²) in [5, 5.41) is 7.30. The van der Waals surface area contributed by atoms with Crippen LogP contribution in [-0.2, 0) is 19.4 Å². The second-order valence-electron chi connectivity index (χ2n) is 6.05. The molecule has 5 nitrogen and oxygen atoms in total. The highest BCUT2D eigenvalue weighted by Crippen LogP contribution is 2.17. The van der Waals surface area contributed by atoms with Crippen LogP contribution in [-0.4, -0.2) is 22.2 Å².